The van der Waals surface area contributed by atoms with Crippen molar-refractivity contribution in [3.8, 4) is 0 Å². The first-order chi connectivity index (χ1) is 6.08. The van der Waals surface area contributed by atoms with E-state index in [0.29, 0.717) is 5.92 Å². The molecule has 1 heteroatoms. The van der Waals surface area contributed by atoms with E-state index in [9.17, 15) is 0 Å². The predicted molar refractivity (Wildman–Crippen MR) is 55.5 cm³/mol. The van der Waals surface area contributed by atoms with Gasteiger partial charge in [0, 0.05) is 11.5 Å². The van der Waals surface area contributed by atoms with E-state index in [4.69, 9.17) is 0 Å². The van der Waals surface area contributed by atoms with Crippen LogP contribution >= 0.6 is 0 Å². The van der Waals surface area contributed by atoms with Gasteiger partial charge in [-0.15, -0.1) is 0 Å². The molecular formula is C12H18N+. The van der Waals surface area contributed by atoms with Gasteiger partial charge in [0.25, 0.3) is 0 Å². The summed E-state index contributed by atoms with van der Waals surface area (Å²) in [4.78, 5) is 0. The summed E-state index contributed by atoms with van der Waals surface area (Å²) in [6, 6.07) is 8.85. The van der Waals surface area contributed by atoms with Crippen molar-refractivity contribution in [2.24, 2.45) is 0 Å². The summed E-state index contributed by atoms with van der Waals surface area (Å²) in [6.45, 7) is 4.77. The second-order valence-electron chi connectivity index (χ2n) is 4.88. The van der Waals surface area contributed by atoms with E-state index in [2.05, 4.69) is 45.3 Å². The number of rotatable bonds is 0. The zero-order valence-corrected chi connectivity index (χ0v) is 8.75. The van der Waals surface area contributed by atoms with Crippen LogP contribution in [0, 0.1) is 0 Å². The maximum absolute atomic E-state index is 2.33. The number of fused-ring (bicyclic) bond motifs is 1. The SMILES string of the molecule is CC1C[N+](C)(C)Cc2ccccc21. The molecule has 1 nitrogen and oxygen atoms in total. The average Bonchev–Trinajstić information content (AvgIpc) is 2.02. The van der Waals surface area contributed by atoms with Gasteiger partial charge in [-0.1, -0.05) is 31.2 Å². The topological polar surface area (TPSA) is 0 Å². The van der Waals surface area contributed by atoms with Crippen LogP contribution in [0.4, 0.5) is 0 Å². The van der Waals surface area contributed by atoms with Gasteiger partial charge in [-0.25, -0.2) is 0 Å². The van der Waals surface area contributed by atoms with Crippen LogP contribution in [0.3, 0.4) is 0 Å². The molecular weight excluding hydrogens is 158 g/mol. The van der Waals surface area contributed by atoms with E-state index in [0.717, 1.165) is 4.48 Å². The molecule has 0 fully saturated rings. The Balaban J connectivity index is 2.43. The fraction of sp³-hybridized carbons (Fsp3) is 0.500. The fourth-order valence-corrected chi connectivity index (χ4v) is 2.52. The van der Waals surface area contributed by atoms with Crippen LogP contribution < -0.4 is 0 Å². The van der Waals surface area contributed by atoms with Gasteiger partial charge in [-0.2, -0.15) is 0 Å². The second kappa shape index (κ2) is 2.85. The van der Waals surface area contributed by atoms with Gasteiger partial charge >= 0.3 is 0 Å². The molecule has 1 aliphatic rings. The van der Waals surface area contributed by atoms with Crippen molar-refractivity contribution in [2.45, 2.75) is 19.4 Å². The minimum atomic E-state index is 0.708. The van der Waals surface area contributed by atoms with Crippen molar-refractivity contribution in [3.05, 3.63) is 35.4 Å². The highest BCUT2D eigenvalue weighted by atomic mass is 15.3. The maximum Gasteiger partial charge on any atom is 0.104 e. The van der Waals surface area contributed by atoms with Crippen LogP contribution in [0.25, 0.3) is 0 Å². The van der Waals surface area contributed by atoms with Crippen molar-refractivity contribution in [2.75, 3.05) is 20.6 Å². The van der Waals surface area contributed by atoms with Crippen molar-refractivity contribution in [3.63, 3.8) is 0 Å². The van der Waals surface area contributed by atoms with Gasteiger partial charge in [0.2, 0.25) is 0 Å². The molecule has 0 bridgehead atoms. The molecule has 0 aliphatic carbocycles. The van der Waals surface area contributed by atoms with Gasteiger partial charge in [0.05, 0.1) is 20.6 Å². The van der Waals surface area contributed by atoms with Gasteiger partial charge in [-0.3, -0.25) is 0 Å². The number of hydrogen-bond acceptors (Lipinski definition) is 0. The molecule has 0 aromatic heterocycles. The smallest absolute Gasteiger partial charge is 0.104 e. The van der Waals surface area contributed by atoms with Gasteiger partial charge < -0.3 is 4.48 Å². The third kappa shape index (κ3) is 1.61. The molecule has 1 aromatic carbocycles. The van der Waals surface area contributed by atoms with Crippen LogP contribution in [0.2, 0.25) is 0 Å². The minimum Gasteiger partial charge on any atom is -0.324 e. The van der Waals surface area contributed by atoms with Crippen molar-refractivity contribution >= 4 is 0 Å². The Bertz CT molecular complexity index is 315. The Morgan fingerprint density at radius 2 is 1.92 bits per heavy atom. The normalized spacial score (nSPS) is 25.3. The van der Waals surface area contributed by atoms with E-state index in [1.54, 1.807) is 5.56 Å². The summed E-state index contributed by atoms with van der Waals surface area (Å²) >= 11 is 0. The Morgan fingerprint density at radius 1 is 1.23 bits per heavy atom. The Labute approximate surface area is 80.6 Å². The number of nitrogens with zero attached hydrogens (tertiary/aromatic N) is 1. The van der Waals surface area contributed by atoms with E-state index < -0.39 is 0 Å². The zero-order valence-electron chi connectivity index (χ0n) is 8.75. The third-order valence-electron chi connectivity index (χ3n) is 2.95. The first-order valence-corrected chi connectivity index (χ1v) is 4.98. The highest BCUT2D eigenvalue weighted by Gasteiger charge is 2.28. The average molecular weight is 176 g/mol. The Kier molecular flexibility index (Phi) is 1.92. The lowest BCUT2D eigenvalue weighted by molar-refractivity contribution is -0.907. The van der Waals surface area contributed by atoms with Crippen LogP contribution in [0.1, 0.15) is 24.0 Å². The highest BCUT2D eigenvalue weighted by molar-refractivity contribution is 5.30. The zero-order chi connectivity index (χ0) is 9.47. The first kappa shape index (κ1) is 8.76. The molecule has 13 heavy (non-hydrogen) atoms. The molecule has 0 saturated carbocycles. The van der Waals surface area contributed by atoms with Gasteiger partial charge in [0.1, 0.15) is 6.54 Å². The molecule has 2 rings (SSSR count). The predicted octanol–water partition coefficient (Wildman–Crippen LogP) is 2.38. The summed E-state index contributed by atoms with van der Waals surface area (Å²) in [5.74, 6) is 0.708. The van der Waals surface area contributed by atoms with E-state index >= 15 is 0 Å². The molecule has 1 atom stereocenters. The molecule has 0 radical (unpaired) electrons. The number of benzene rings is 1. The van der Waals surface area contributed by atoms with Crippen LogP contribution in [-0.2, 0) is 6.54 Å². The third-order valence-corrected chi connectivity index (χ3v) is 2.95. The summed E-state index contributed by atoms with van der Waals surface area (Å²) in [5.41, 5.74) is 3.09. The standard InChI is InChI=1S/C12H18N/c1-10-8-13(2,3)9-11-6-4-5-7-12(10)11/h4-7,10H,8-9H2,1-3H3/q+1. The second-order valence-corrected chi connectivity index (χ2v) is 4.88. The van der Waals surface area contributed by atoms with E-state index in [-0.39, 0.29) is 0 Å². The molecule has 1 aliphatic heterocycles. The van der Waals surface area contributed by atoms with E-state index in [1.807, 2.05) is 0 Å². The van der Waals surface area contributed by atoms with Crippen molar-refractivity contribution in [1.29, 1.82) is 0 Å². The van der Waals surface area contributed by atoms with Crippen LogP contribution in [0.15, 0.2) is 24.3 Å². The number of likely N-dealkylation sites (N-methyl/N-ethyl adjacent to an activating group) is 1. The molecule has 0 spiro atoms. The summed E-state index contributed by atoms with van der Waals surface area (Å²) in [7, 11) is 4.62. The molecule has 0 saturated heterocycles. The Morgan fingerprint density at radius 3 is 2.69 bits per heavy atom. The van der Waals surface area contributed by atoms with Gasteiger partial charge in [0.15, 0.2) is 0 Å². The van der Waals surface area contributed by atoms with E-state index in [1.165, 1.54) is 18.7 Å². The highest BCUT2D eigenvalue weighted by Crippen LogP contribution is 2.29. The molecule has 1 unspecified atom stereocenters. The van der Waals surface area contributed by atoms with Gasteiger partial charge in [-0.05, 0) is 5.56 Å². The lowest BCUT2D eigenvalue weighted by Gasteiger charge is -2.38. The fourth-order valence-electron chi connectivity index (χ4n) is 2.52. The van der Waals surface area contributed by atoms with Crippen LogP contribution in [-0.4, -0.2) is 25.1 Å². The monoisotopic (exact) mass is 176 g/mol. The molecule has 0 N–H and O–H groups in total. The van der Waals surface area contributed by atoms with Crippen molar-refractivity contribution < 1.29 is 4.48 Å². The summed E-state index contributed by atoms with van der Waals surface area (Å²) in [6.07, 6.45) is 0. The quantitative estimate of drug-likeness (QED) is 0.532. The minimum absolute atomic E-state index is 0.708. The molecule has 70 valence electrons. The maximum atomic E-state index is 2.33. The van der Waals surface area contributed by atoms with Crippen LogP contribution in [0.5, 0.6) is 0 Å². The first-order valence-electron chi connectivity index (χ1n) is 4.98. The molecule has 0 amide bonds. The summed E-state index contributed by atoms with van der Waals surface area (Å²) in [5, 5.41) is 0. The Hall–Kier alpha value is -0.820. The largest absolute Gasteiger partial charge is 0.324 e. The number of hydrogen-bond donors (Lipinski definition) is 0. The van der Waals surface area contributed by atoms with Crippen molar-refractivity contribution in [1.82, 2.24) is 0 Å². The number of quaternary nitrogens is 1. The lowest BCUT2D eigenvalue weighted by atomic mass is 9.90. The lowest BCUT2D eigenvalue weighted by Crippen LogP contribution is -2.44. The molecule has 1 aromatic rings. The summed E-state index contributed by atoms with van der Waals surface area (Å²) < 4.78 is 1.12. The molecule has 1 heterocycles.